The van der Waals surface area contributed by atoms with E-state index in [1.807, 2.05) is 0 Å². The fraction of sp³-hybridized carbons (Fsp3) is 0.250. The number of aliphatic hydroxyl groups excluding tert-OH is 1. The van der Waals surface area contributed by atoms with Crippen molar-refractivity contribution >= 4 is 21.6 Å². The van der Waals surface area contributed by atoms with Crippen molar-refractivity contribution in [1.29, 1.82) is 0 Å². The van der Waals surface area contributed by atoms with Crippen LogP contribution in [0.4, 0.5) is 4.39 Å². The molecule has 4 nitrogen and oxygen atoms in total. The summed E-state index contributed by atoms with van der Waals surface area (Å²) in [5, 5.41) is 10.4. The minimum Gasteiger partial charge on any atom is -0.388 e. The SMILES string of the molecule is O=S(=O)(Cc1ccccc1Cl)NCCC(O)c1ccc(F)cc1. The van der Waals surface area contributed by atoms with Gasteiger partial charge in [0, 0.05) is 11.6 Å². The Morgan fingerprint density at radius 2 is 1.78 bits per heavy atom. The maximum Gasteiger partial charge on any atom is 0.215 e. The van der Waals surface area contributed by atoms with Crippen LogP contribution in [0.1, 0.15) is 23.7 Å². The molecule has 2 aromatic rings. The highest BCUT2D eigenvalue weighted by molar-refractivity contribution is 7.88. The number of rotatable bonds is 7. The standard InChI is InChI=1S/C16H17ClFNO3S/c17-15-4-2-1-3-13(15)11-23(21,22)19-10-9-16(20)12-5-7-14(18)8-6-12/h1-8,16,19-20H,9-11H2. The summed E-state index contributed by atoms with van der Waals surface area (Å²) < 4.78 is 39.3. The highest BCUT2D eigenvalue weighted by Gasteiger charge is 2.14. The van der Waals surface area contributed by atoms with Gasteiger partial charge in [-0.1, -0.05) is 41.9 Å². The molecule has 0 aliphatic rings. The third-order valence-electron chi connectivity index (χ3n) is 3.30. The number of hydrogen-bond acceptors (Lipinski definition) is 3. The molecule has 0 bridgehead atoms. The fourth-order valence-corrected chi connectivity index (χ4v) is 3.55. The average molecular weight is 358 g/mol. The second-order valence-corrected chi connectivity index (χ2v) is 7.31. The largest absolute Gasteiger partial charge is 0.388 e. The van der Waals surface area contributed by atoms with Gasteiger partial charge in [-0.3, -0.25) is 0 Å². The summed E-state index contributed by atoms with van der Waals surface area (Å²) in [5.41, 5.74) is 1.05. The molecule has 2 N–H and O–H groups in total. The molecule has 0 fully saturated rings. The highest BCUT2D eigenvalue weighted by atomic mass is 35.5. The van der Waals surface area contributed by atoms with Gasteiger partial charge in [-0.2, -0.15) is 0 Å². The van der Waals surface area contributed by atoms with Crippen LogP contribution in [0.2, 0.25) is 5.02 Å². The molecule has 124 valence electrons. The summed E-state index contributed by atoms with van der Waals surface area (Å²) in [5.74, 6) is -0.610. The van der Waals surface area contributed by atoms with E-state index in [1.54, 1.807) is 24.3 Å². The normalized spacial score (nSPS) is 13.0. The Kier molecular flexibility index (Phi) is 6.12. The van der Waals surface area contributed by atoms with E-state index < -0.39 is 16.1 Å². The van der Waals surface area contributed by atoms with Crippen molar-refractivity contribution in [2.45, 2.75) is 18.3 Å². The third-order valence-corrected chi connectivity index (χ3v) is 5.00. The van der Waals surface area contributed by atoms with Gasteiger partial charge in [0.15, 0.2) is 0 Å². The lowest BCUT2D eigenvalue weighted by Gasteiger charge is -2.12. The van der Waals surface area contributed by atoms with Gasteiger partial charge in [0.1, 0.15) is 5.82 Å². The van der Waals surface area contributed by atoms with Gasteiger partial charge in [0.2, 0.25) is 10.0 Å². The van der Waals surface area contributed by atoms with Crippen molar-refractivity contribution in [2.75, 3.05) is 6.54 Å². The average Bonchev–Trinajstić information content (AvgIpc) is 2.50. The minimum atomic E-state index is -3.55. The first-order chi connectivity index (χ1) is 10.9. The monoisotopic (exact) mass is 357 g/mol. The molecule has 1 atom stereocenters. The quantitative estimate of drug-likeness (QED) is 0.800. The molecule has 2 aromatic carbocycles. The Morgan fingerprint density at radius 3 is 2.43 bits per heavy atom. The lowest BCUT2D eigenvalue weighted by molar-refractivity contribution is 0.169. The van der Waals surface area contributed by atoms with Crippen LogP contribution in [0.15, 0.2) is 48.5 Å². The smallest absolute Gasteiger partial charge is 0.215 e. The Bertz CT molecular complexity index is 750. The van der Waals surface area contributed by atoms with Crippen LogP contribution in [0.3, 0.4) is 0 Å². The van der Waals surface area contributed by atoms with Crippen LogP contribution >= 0.6 is 11.6 Å². The molecule has 23 heavy (non-hydrogen) atoms. The molecule has 0 amide bonds. The van der Waals surface area contributed by atoms with E-state index >= 15 is 0 Å². The zero-order valence-corrected chi connectivity index (χ0v) is 13.8. The fourth-order valence-electron chi connectivity index (χ4n) is 2.07. The molecular formula is C16H17ClFNO3S. The molecule has 0 aliphatic heterocycles. The Balaban J connectivity index is 1.87. The Labute approximate surface area is 140 Å². The number of nitrogens with one attached hydrogen (secondary N) is 1. The lowest BCUT2D eigenvalue weighted by atomic mass is 10.1. The minimum absolute atomic E-state index is 0.0747. The van der Waals surface area contributed by atoms with E-state index in [2.05, 4.69) is 4.72 Å². The highest BCUT2D eigenvalue weighted by Crippen LogP contribution is 2.18. The van der Waals surface area contributed by atoms with Crippen molar-refractivity contribution in [3.8, 4) is 0 Å². The number of halogens is 2. The van der Waals surface area contributed by atoms with Gasteiger partial charge < -0.3 is 5.11 Å². The second-order valence-electron chi connectivity index (χ2n) is 5.10. The number of hydrogen-bond donors (Lipinski definition) is 2. The van der Waals surface area contributed by atoms with Crippen molar-refractivity contribution in [3.63, 3.8) is 0 Å². The predicted octanol–water partition coefficient (Wildman–Crippen LogP) is 3.02. The second kappa shape index (κ2) is 7.88. The van der Waals surface area contributed by atoms with Crippen molar-refractivity contribution < 1.29 is 17.9 Å². The lowest BCUT2D eigenvalue weighted by Crippen LogP contribution is -2.27. The molecule has 0 aliphatic carbocycles. The zero-order valence-electron chi connectivity index (χ0n) is 12.2. The van der Waals surface area contributed by atoms with Crippen LogP contribution in [0.25, 0.3) is 0 Å². The van der Waals surface area contributed by atoms with E-state index in [0.717, 1.165) is 0 Å². The molecule has 0 heterocycles. The Morgan fingerprint density at radius 1 is 1.13 bits per heavy atom. The molecule has 1 unspecified atom stereocenters. The summed E-state index contributed by atoms with van der Waals surface area (Å²) >= 11 is 5.94. The van der Waals surface area contributed by atoms with Gasteiger partial charge in [0.05, 0.1) is 11.9 Å². The topological polar surface area (TPSA) is 66.4 Å². The molecule has 7 heteroatoms. The van der Waals surface area contributed by atoms with Gasteiger partial charge in [-0.25, -0.2) is 17.5 Å². The molecule has 0 spiro atoms. The van der Waals surface area contributed by atoms with Crippen LogP contribution < -0.4 is 4.72 Å². The van der Waals surface area contributed by atoms with Crippen LogP contribution in [0.5, 0.6) is 0 Å². The van der Waals surface area contributed by atoms with E-state index in [1.165, 1.54) is 24.3 Å². The van der Waals surface area contributed by atoms with Gasteiger partial charge in [-0.15, -0.1) is 0 Å². The van der Waals surface area contributed by atoms with Gasteiger partial charge >= 0.3 is 0 Å². The van der Waals surface area contributed by atoms with Crippen molar-refractivity contribution in [1.82, 2.24) is 4.72 Å². The van der Waals surface area contributed by atoms with Gasteiger partial charge in [-0.05, 0) is 35.7 Å². The van der Waals surface area contributed by atoms with Gasteiger partial charge in [0.25, 0.3) is 0 Å². The predicted molar refractivity (Wildman–Crippen MR) is 88.1 cm³/mol. The van der Waals surface area contributed by atoms with E-state index in [-0.39, 0.29) is 24.5 Å². The first kappa shape index (κ1) is 17.9. The summed E-state index contributed by atoms with van der Waals surface area (Å²) in [7, 11) is -3.55. The van der Waals surface area contributed by atoms with Crippen molar-refractivity contribution in [3.05, 3.63) is 70.5 Å². The van der Waals surface area contributed by atoms with Crippen molar-refractivity contribution in [2.24, 2.45) is 0 Å². The molecule has 0 radical (unpaired) electrons. The molecule has 0 aromatic heterocycles. The van der Waals surface area contributed by atoms with Crippen LogP contribution in [-0.2, 0) is 15.8 Å². The van der Waals surface area contributed by atoms with Crippen LogP contribution in [-0.4, -0.2) is 20.1 Å². The number of benzene rings is 2. The first-order valence-electron chi connectivity index (χ1n) is 7.02. The summed E-state index contributed by atoms with van der Waals surface area (Å²) in [6.07, 6.45) is -0.675. The molecular weight excluding hydrogens is 341 g/mol. The summed E-state index contributed by atoms with van der Waals surface area (Å²) in [6.45, 7) is 0.0747. The summed E-state index contributed by atoms with van der Waals surface area (Å²) in [4.78, 5) is 0. The maximum atomic E-state index is 12.8. The number of aliphatic hydroxyl groups is 1. The van der Waals surface area contributed by atoms with E-state index in [0.29, 0.717) is 16.1 Å². The Hall–Kier alpha value is -1.47. The van der Waals surface area contributed by atoms with E-state index in [4.69, 9.17) is 11.6 Å². The molecule has 2 rings (SSSR count). The molecule has 0 saturated carbocycles. The molecule has 0 saturated heterocycles. The third kappa shape index (κ3) is 5.58. The zero-order chi connectivity index (χ0) is 16.9. The first-order valence-corrected chi connectivity index (χ1v) is 9.05. The summed E-state index contributed by atoms with van der Waals surface area (Å²) in [6, 6.07) is 12.2. The van der Waals surface area contributed by atoms with Crippen LogP contribution in [0, 0.1) is 5.82 Å². The number of sulfonamides is 1. The van der Waals surface area contributed by atoms with E-state index in [9.17, 15) is 17.9 Å². The maximum absolute atomic E-state index is 12.8.